The van der Waals surface area contributed by atoms with Gasteiger partial charge < -0.3 is 9.88 Å². The molecule has 4 rings (SSSR count). The molecule has 1 saturated heterocycles. The Morgan fingerprint density at radius 3 is 2.22 bits per heavy atom. The van der Waals surface area contributed by atoms with Crippen LogP contribution in [0.5, 0.6) is 0 Å². The maximum atomic E-state index is 11.9. The van der Waals surface area contributed by atoms with Gasteiger partial charge in [-0.1, -0.05) is 42.5 Å². The van der Waals surface area contributed by atoms with Gasteiger partial charge >= 0.3 is 0 Å². The number of benzene rings is 2. The zero-order valence-electron chi connectivity index (χ0n) is 15.1. The molecule has 0 spiro atoms. The standard InChI is InChI=1S/C22H19N3OS/c1-14-12-18(13-20-21(26)24-22(27)23-20)15(2)25(14)19-10-8-17(9-11-19)16-6-4-3-5-7-16/h3-13H,1-2H3,(H2,23,24,26,27)/b20-13+. The summed E-state index contributed by atoms with van der Waals surface area (Å²) in [5.74, 6) is -0.197. The Hall–Kier alpha value is -3.18. The van der Waals surface area contributed by atoms with Gasteiger partial charge in [-0.05, 0) is 67.0 Å². The van der Waals surface area contributed by atoms with E-state index in [2.05, 4.69) is 71.5 Å². The molecule has 0 aliphatic carbocycles. The lowest BCUT2D eigenvalue weighted by Gasteiger charge is -2.11. The lowest BCUT2D eigenvalue weighted by atomic mass is 10.1. The van der Waals surface area contributed by atoms with Crippen molar-refractivity contribution in [3.63, 3.8) is 0 Å². The van der Waals surface area contributed by atoms with E-state index in [9.17, 15) is 4.79 Å². The summed E-state index contributed by atoms with van der Waals surface area (Å²) in [5, 5.41) is 5.83. The van der Waals surface area contributed by atoms with Gasteiger partial charge in [0.25, 0.3) is 5.91 Å². The minimum atomic E-state index is -0.197. The highest BCUT2D eigenvalue weighted by Crippen LogP contribution is 2.25. The second kappa shape index (κ2) is 6.85. The number of aryl methyl sites for hydroxylation is 1. The van der Waals surface area contributed by atoms with Gasteiger partial charge in [-0.15, -0.1) is 0 Å². The van der Waals surface area contributed by atoms with Crippen LogP contribution in [0.2, 0.25) is 0 Å². The zero-order valence-corrected chi connectivity index (χ0v) is 15.9. The molecule has 1 aliphatic rings. The van der Waals surface area contributed by atoms with Crippen molar-refractivity contribution in [1.29, 1.82) is 0 Å². The molecular weight excluding hydrogens is 354 g/mol. The summed E-state index contributed by atoms with van der Waals surface area (Å²) < 4.78 is 2.19. The smallest absolute Gasteiger partial charge is 0.273 e. The molecule has 0 atom stereocenters. The topological polar surface area (TPSA) is 46.1 Å². The van der Waals surface area contributed by atoms with E-state index >= 15 is 0 Å². The molecule has 0 saturated carbocycles. The molecule has 4 nitrogen and oxygen atoms in total. The Labute approximate surface area is 163 Å². The average Bonchev–Trinajstić information content (AvgIpc) is 3.13. The van der Waals surface area contributed by atoms with Crippen molar-refractivity contribution in [3.8, 4) is 16.8 Å². The van der Waals surface area contributed by atoms with E-state index in [0.29, 0.717) is 10.8 Å². The third kappa shape index (κ3) is 3.29. The number of hydrogen-bond donors (Lipinski definition) is 2. The van der Waals surface area contributed by atoms with Gasteiger partial charge in [0.2, 0.25) is 0 Å². The fourth-order valence-electron chi connectivity index (χ4n) is 3.40. The number of nitrogens with one attached hydrogen (secondary N) is 2. The molecular formula is C22H19N3OS. The molecule has 0 radical (unpaired) electrons. The van der Waals surface area contributed by atoms with Gasteiger partial charge in [-0.3, -0.25) is 10.1 Å². The van der Waals surface area contributed by atoms with Crippen molar-refractivity contribution in [2.24, 2.45) is 0 Å². The van der Waals surface area contributed by atoms with Crippen LogP contribution in [0.25, 0.3) is 22.9 Å². The molecule has 3 aromatic rings. The minimum absolute atomic E-state index is 0.197. The van der Waals surface area contributed by atoms with Gasteiger partial charge in [0.15, 0.2) is 5.11 Å². The minimum Gasteiger partial charge on any atom is -0.328 e. The van der Waals surface area contributed by atoms with Crippen molar-refractivity contribution in [2.75, 3.05) is 0 Å². The Kier molecular flexibility index (Phi) is 4.38. The number of carbonyl (C=O) groups excluding carboxylic acids is 1. The Bertz CT molecular complexity index is 1060. The van der Waals surface area contributed by atoms with Crippen molar-refractivity contribution in [2.45, 2.75) is 13.8 Å². The van der Waals surface area contributed by atoms with Crippen molar-refractivity contribution >= 4 is 29.3 Å². The van der Waals surface area contributed by atoms with Crippen LogP contribution in [0.15, 0.2) is 66.4 Å². The van der Waals surface area contributed by atoms with Crippen LogP contribution in [0.3, 0.4) is 0 Å². The number of amides is 1. The number of rotatable bonds is 3. The second-order valence-corrected chi connectivity index (χ2v) is 6.95. The molecule has 2 aromatic carbocycles. The number of thiocarbonyl (C=S) groups is 1. The van der Waals surface area contributed by atoms with Crippen molar-refractivity contribution in [1.82, 2.24) is 15.2 Å². The molecule has 1 fully saturated rings. The third-order valence-electron chi connectivity index (χ3n) is 4.72. The predicted molar refractivity (Wildman–Crippen MR) is 113 cm³/mol. The number of carbonyl (C=O) groups is 1. The fraction of sp³-hybridized carbons (Fsp3) is 0.0909. The highest BCUT2D eigenvalue weighted by Gasteiger charge is 2.21. The number of nitrogens with zero attached hydrogens (tertiary/aromatic N) is 1. The van der Waals surface area contributed by atoms with Gasteiger partial charge in [-0.2, -0.15) is 0 Å². The first-order valence-corrected chi connectivity index (χ1v) is 9.12. The molecule has 1 aliphatic heterocycles. The Morgan fingerprint density at radius 1 is 0.926 bits per heavy atom. The van der Waals surface area contributed by atoms with E-state index in [4.69, 9.17) is 12.2 Å². The van der Waals surface area contributed by atoms with Crippen LogP contribution in [-0.2, 0) is 4.79 Å². The largest absolute Gasteiger partial charge is 0.328 e. The summed E-state index contributed by atoms with van der Waals surface area (Å²) in [4.78, 5) is 11.9. The predicted octanol–water partition coefficient (Wildman–Crippen LogP) is 4.11. The zero-order chi connectivity index (χ0) is 19.0. The lowest BCUT2D eigenvalue weighted by Crippen LogP contribution is -2.21. The normalized spacial score (nSPS) is 15.1. The average molecular weight is 373 g/mol. The molecule has 134 valence electrons. The maximum absolute atomic E-state index is 11.9. The molecule has 2 heterocycles. The van der Waals surface area contributed by atoms with Gasteiger partial charge in [0, 0.05) is 17.1 Å². The maximum Gasteiger partial charge on any atom is 0.273 e. The quantitative estimate of drug-likeness (QED) is 0.537. The van der Waals surface area contributed by atoms with Gasteiger partial charge in [0.1, 0.15) is 5.70 Å². The van der Waals surface area contributed by atoms with Gasteiger partial charge in [-0.25, -0.2) is 0 Å². The molecule has 1 amide bonds. The first kappa shape index (κ1) is 17.2. The van der Waals surface area contributed by atoms with Crippen LogP contribution < -0.4 is 10.6 Å². The van der Waals surface area contributed by atoms with Crippen molar-refractivity contribution in [3.05, 3.63) is 83.3 Å². The van der Waals surface area contributed by atoms with E-state index in [0.717, 1.165) is 22.6 Å². The summed E-state index contributed by atoms with van der Waals surface area (Å²) in [6.07, 6.45) is 1.84. The molecule has 2 N–H and O–H groups in total. The second-order valence-electron chi connectivity index (χ2n) is 6.54. The molecule has 0 bridgehead atoms. The Morgan fingerprint density at radius 2 is 1.59 bits per heavy atom. The van der Waals surface area contributed by atoms with E-state index in [1.807, 2.05) is 24.3 Å². The summed E-state index contributed by atoms with van der Waals surface area (Å²) in [5.41, 5.74) is 7.11. The van der Waals surface area contributed by atoms with Crippen LogP contribution >= 0.6 is 12.2 Å². The van der Waals surface area contributed by atoms with Crippen LogP contribution in [0.4, 0.5) is 0 Å². The first-order valence-electron chi connectivity index (χ1n) is 8.72. The van der Waals surface area contributed by atoms with Crippen LogP contribution in [-0.4, -0.2) is 15.6 Å². The highest BCUT2D eigenvalue weighted by molar-refractivity contribution is 7.80. The SMILES string of the molecule is Cc1cc(/C=C2/NC(=S)NC2=O)c(C)n1-c1ccc(-c2ccccc2)cc1. The summed E-state index contributed by atoms with van der Waals surface area (Å²) in [7, 11) is 0. The van der Waals surface area contributed by atoms with E-state index < -0.39 is 0 Å². The highest BCUT2D eigenvalue weighted by atomic mass is 32.1. The summed E-state index contributed by atoms with van der Waals surface area (Å²) in [6, 6.07) is 20.9. The van der Waals surface area contributed by atoms with Crippen molar-refractivity contribution < 1.29 is 4.79 Å². The monoisotopic (exact) mass is 373 g/mol. The summed E-state index contributed by atoms with van der Waals surface area (Å²) >= 11 is 4.99. The van der Waals surface area contributed by atoms with E-state index in [1.165, 1.54) is 11.1 Å². The molecule has 0 unspecified atom stereocenters. The first-order chi connectivity index (χ1) is 13.0. The molecule has 5 heteroatoms. The third-order valence-corrected chi connectivity index (χ3v) is 4.93. The Balaban J connectivity index is 1.69. The lowest BCUT2D eigenvalue weighted by molar-refractivity contribution is -0.115. The van der Waals surface area contributed by atoms with E-state index in [-0.39, 0.29) is 5.91 Å². The summed E-state index contributed by atoms with van der Waals surface area (Å²) in [6.45, 7) is 4.11. The number of aromatic nitrogens is 1. The van der Waals surface area contributed by atoms with Gasteiger partial charge in [0.05, 0.1) is 0 Å². The van der Waals surface area contributed by atoms with Crippen LogP contribution in [0, 0.1) is 13.8 Å². The van der Waals surface area contributed by atoms with E-state index in [1.54, 1.807) is 0 Å². The molecule has 27 heavy (non-hydrogen) atoms. The molecule has 1 aromatic heterocycles. The fourth-order valence-corrected chi connectivity index (χ4v) is 3.61. The number of hydrogen-bond acceptors (Lipinski definition) is 2. The van der Waals surface area contributed by atoms with Crippen LogP contribution in [0.1, 0.15) is 17.0 Å².